The van der Waals surface area contributed by atoms with Gasteiger partial charge in [0, 0.05) is 19.6 Å². The number of halogens is 2. The smallest absolute Gasteiger partial charge is 0.410 e. The Bertz CT molecular complexity index is 656. The first-order valence-corrected chi connectivity index (χ1v) is 7.81. The second-order valence-electron chi connectivity index (χ2n) is 5.58. The Morgan fingerprint density at radius 2 is 2.04 bits per heavy atom. The van der Waals surface area contributed by atoms with E-state index >= 15 is 0 Å². The second-order valence-corrected chi connectivity index (χ2v) is 5.58. The standard InChI is InChI=1S/C16H20F2N2O5/c1-3-10-8-19(6-7-20(10)15(21)22)16(23)25-9-11-12(17)4-5-13(24-2)14(11)18/h4-5,10H,3,6-9H2,1-2H3,(H,21,22). The molecule has 1 unspecified atom stereocenters. The van der Waals surface area contributed by atoms with E-state index in [9.17, 15) is 18.4 Å². The average Bonchev–Trinajstić information content (AvgIpc) is 2.60. The predicted octanol–water partition coefficient (Wildman–Crippen LogP) is 2.68. The van der Waals surface area contributed by atoms with Gasteiger partial charge in [-0.05, 0) is 18.6 Å². The number of carboxylic acid groups (broad SMARTS) is 1. The molecule has 0 spiro atoms. The van der Waals surface area contributed by atoms with Crippen molar-refractivity contribution in [2.45, 2.75) is 26.0 Å². The first-order chi connectivity index (χ1) is 11.9. The third kappa shape index (κ3) is 4.09. The Morgan fingerprint density at radius 3 is 2.64 bits per heavy atom. The van der Waals surface area contributed by atoms with Crippen LogP contribution in [0, 0.1) is 11.6 Å². The Hall–Kier alpha value is -2.58. The zero-order chi connectivity index (χ0) is 18.6. The highest BCUT2D eigenvalue weighted by Gasteiger charge is 2.32. The van der Waals surface area contributed by atoms with Gasteiger partial charge >= 0.3 is 12.2 Å². The van der Waals surface area contributed by atoms with E-state index in [0.29, 0.717) is 6.42 Å². The van der Waals surface area contributed by atoms with Crippen molar-refractivity contribution in [2.24, 2.45) is 0 Å². The van der Waals surface area contributed by atoms with Crippen LogP contribution in [0.25, 0.3) is 0 Å². The molecule has 0 saturated carbocycles. The molecule has 1 saturated heterocycles. The average molecular weight is 358 g/mol. The number of methoxy groups -OCH3 is 1. The van der Waals surface area contributed by atoms with Gasteiger partial charge in [0.1, 0.15) is 12.4 Å². The Morgan fingerprint density at radius 1 is 1.32 bits per heavy atom. The minimum Gasteiger partial charge on any atom is -0.494 e. The summed E-state index contributed by atoms with van der Waals surface area (Å²) in [6.07, 6.45) is -1.25. The van der Waals surface area contributed by atoms with Gasteiger partial charge in [0.15, 0.2) is 11.6 Å². The van der Waals surface area contributed by atoms with Gasteiger partial charge in [-0.25, -0.2) is 18.4 Å². The van der Waals surface area contributed by atoms with E-state index in [4.69, 9.17) is 14.6 Å². The van der Waals surface area contributed by atoms with Gasteiger partial charge in [0.2, 0.25) is 0 Å². The number of hydrogen-bond acceptors (Lipinski definition) is 4. The Labute approximate surface area is 143 Å². The lowest BCUT2D eigenvalue weighted by molar-refractivity contribution is 0.0449. The zero-order valence-corrected chi connectivity index (χ0v) is 14.0. The minimum absolute atomic E-state index is 0.145. The summed E-state index contributed by atoms with van der Waals surface area (Å²) >= 11 is 0. The third-order valence-electron chi connectivity index (χ3n) is 4.17. The molecule has 1 aliphatic rings. The summed E-state index contributed by atoms with van der Waals surface area (Å²) in [7, 11) is 1.25. The molecule has 1 heterocycles. The number of rotatable bonds is 4. The van der Waals surface area contributed by atoms with E-state index in [1.54, 1.807) is 0 Å². The maximum Gasteiger partial charge on any atom is 0.410 e. The molecule has 2 rings (SSSR count). The molecular formula is C16H20F2N2O5. The van der Waals surface area contributed by atoms with Gasteiger partial charge in [0.25, 0.3) is 0 Å². The normalized spacial score (nSPS) is 17.4. The van der Waals surface area contributed by atoms with Crippen molar-refractivity contribution in [3.8, 4) is 5.75 Å². The molecule has 138 valence electrons. The molecule has 1 aromatic rings. The largest absolute Gasteiger partial charge is 0.494 e. The Kier molecular flexibility index (Phi) is 6.00. The number of amides is 2. The van der Waals surface area contributed by atoms with E-state index in [2.05, 4.69) is 0 Å². The summed E-state index contributed by atoms with van der Waals surface area (Å²) in [5, 5.41) is 9.12. The Balaban J connectivity index is 2.01. The highest BCUT2D eigenvalue weighted by Crippen LogP contribution is 2.24. The van der Waals surface area contributed by atoms with Crippen molar-refractivity contribution in [3.05, 3.63) is 29.3 Å². The van der Waals surface area contributed by atoms with E-state index in [-0.39, 0.29) is 31.4 Å². The summed E-state index contributed by atoms with van der Waals surface area (Å²) in [6, 6.07) is 1.83. The number of piperazine rings is 1. The molecule has 1 aromatic carbocycles. The fraction of sp³-hybridized carbons (Fsp3) is 0.500. The van der Waals surface area contributed by atoms with Crippen molar-refractivity contribution >= 4 is 12.2 Å². The molecule has 9 heteroatoms. The number of carbonyl (C=O) groups excluding carboxylic acids is 1. The molecule has 0 aromatic heterocycles. The topological polar surface area (TPSA) is 79.3 Å². The molecule has 0 bridgehead atoms. The lowest BCUT2D eigenvalue weighted by Gasteiger charge is -2.38. The molecule has 0 radical (unpaired) electrons. The lowest BCUT2D eigenvalue weighted by atomic mass is 10.1. The quantitative estimate of drug-likeness (QED) is 0.895. The number of benzene rings is 1. The van der Waals surface area contributed by atoms with Crippen LogP contribution in [0.2, 0.25) is 0 Å². The van der Waals surface area contributed by atoms with Crippen LogP contribution in [0.15, 0.2) is 12.1 Å². The van der Waals surface area contributed by atoms with Crippen LogP contribution in [0.5, 0.6) is 5.75 Å². The van der Waals surface area contributed by atoms with Crippen LogP contribution in [-0.4, -0.2) is 59.9 Å². The van der Waals surface area contributed by atoms with Crippen molar-refractivity contribution < 1.29 is 33.0 Å². The molecular weight excluding hydrogens is 338 g/mol. The number of ether oxygens (including phenoxy) is 2. The maximum absolute atomic E-state index is 14.0. The van der Waals surface area contributed by atoms with Crippen LogP contribution >= 0.6 is 0 Å². The fourth-order valence-corrected chi connectivity index (χ4v) is 2.71. The monoisotopic (exact) mass is 358 g/mol. The van der Waals surface area contributed by atoms with Gasteiger partial charge < -0.3 is 24.4 Å². The molecule has 1 N–H and O–H groups in total. The second kappa shape index (κ2) is 8.00. The number of hydrogen-bond donors (Lipinski definition) is 1. The SMILES string of the molecule is CCC1CN(C(=O)OCc2c(F)ccc(OC)c2F)CCN1C(=O)O. The maximum atomic E-state index is 14.0. The van der Waals surface area contributed by atoms with Crippen molar-refractivity contribution in [1.82, 2.24) is 9.80 Å². The summed E-state index contributed by atoms with van der Waals surface area (Å²) in [6.45, 7) is 1.72. The number of carbonyl (C=O) groups is 2. The minimum atomic E-state index is -1.04. The number of nitrogens with zero attached hydrogens (tertiary/aromatic N) is 2. The summed E-state index contributed by atoms with van der Waals surface area (Å²) in [5.74, 6) is -1.90. The molecule has 7 nitrogen and oxygen atoms in total. The van der Waals surface area contributed by atoms with E-state index in [0.717, 1.165) is 12.1 Å². The molecule has 1 aliphatic heterocycles. The summed E-state index contributed by atoms with van der Waals surface area (Å²) in [5.41, 5.74) is -0.399. The lowest BCUT2D eigenvalue weighted by Crippen LogP contribution is -2.56. The molecule has 1 atom stereocenters. The summed E-state index contributed by atoms with van der Waals surface area (Å²) in [4.78, 5) is 25.9. The molecule has 0 aliphatic carbocycles. The van der Waals surface area contributed by atoms with Gasteiger partial charge in [-0.3, -0.25) is 0 Å². The van der Waals surface area contributed by atoms with Gasteiger partial charge in [-0.2, -0.15) is 0 Å². The molecule has 25 heavy (non-hydrogen) atoms. The van der Waals surface area contributed by atoms with Crippen LogP contribution in [0.3, 0.4) is 0 Å². The van der Waals surface area contributed by atoms with Crippen LogP contribution in [0.1, 0.15) is 18.9 Å². The zero-order valence-electron chi connectivity index (χ0n) is 14.0. The van der Waals surface area contributed by atoms with Crippen LogP contribution < -0.4 is 4.74 Å². The van der Waals surface area contributed by atoms with Crippen molar-refractivity contribution in [1.29, 1.82) is 0 Å². The van der Waals surface area contributed by atoms with Gasteiger partial charge in [-0.15, -0.1) is 0 Å². The van der Waals surface area contributed by atoms with Gasteiger partial charge in [0.05, 0.1) is 18.7 Å². The molecule has 2 amide bonds. The first kappa shape index (κ1) is 18.8. The predicted molar refractivity (Wildman–Crippen MR) is 83.5 cm³/mol. The first-order valence-electron chi connectivity index (χ1n) is 7.81. The van der Waals surface area contributed by atoms with E-state index in [1.165, 1.54) is 16.9 Å². The van der Waals surface area contributed by atoms with E-state index < -0.39 is 36.0 Å². The highest BCUT2D eigenvalue weighted by atomic mass is 19.1. The fourth-order valence-electron chi connectivity index (χ4n) is 2.71. The van der Waals surface area contributed by atoms with Crippen LogP contribution in [-0.2, 0) is 11.3 Å². The molecule has 1 fully saturated rings. The summed E-state index contributed by atoms with van der Waals surface area (Å²) < 4.78 is 37.6. The van der Waals surface area contributed by atoms with Crippen LogP contribution in [0.4, 0.5) is 18.4 Å². The van der Waals surface area contributed by atoms with Gasteiger partial charge in [-0.1, -0.05) is 6.92 Å². The third-order valence-corrected chi connectivity index (χ3v) is 4.17. The van der Waals surface area contributed by atoms with Crippen molar-refractivity contribution in [2.75, 3.05) is 26.7 Å². The van der Waals surface area contributed by atoms with Crippen molar-refractivity contribution in [3.63, 3.8) is 0 Å². The highest BCUT2D eigenvalue weighted by molar-refractivity contribution is 5.69. The van der Waals surface area contributed by atoms with E-state index in [1.807, 2.05) is 6.92 Å².